The summed E-state index contributed by atoms with van der Waals surface area (Å²) in [6.07, 6.45) is 1.11. The number of nitrogens with zero attached hydrogens (tertiary/aromatic N) is 2. The van der Waals surface area contributed by atoms with Gasteiger partial charge in [-0.05, 0) is 30.7 Å². The Hall–Kier alpha value is -2.93. The van der Waals surface area contributed by atoms with E-state index in [4.69, 9.17) is 11.6 Å². The first-order chi connectivity index (χ1) is 10.9. The molecule has 7 nitrogen and oxygen atoms in total. The molecule has 0 aliphatic heterocycles. The van der Waals surface area contributed by atoms with Gasteiger partial charge in [-0.3, -0.25) is 14.9 Å². The van der Waals surface area contributed by atoms with Gasteiger partial charge in [-0.1, -0.05) is 17.7 Å². The Morgan fingerprint density at radius 3 is 2.74 bits per heavy atom. The van der Waals surface area contributed by atoms with Crippen molar-refractivity contribution in [1.29, 1.82) is 0 Å². The molecule has 0 aliphatic rings. The Labute approximate surface area is 136 Å². The fourth-order valence-corrected chi connectivity index (χ4v) is 2.10. The van der Waals surface area contributed by atoms with Crippen molar-refractivity contribution in [3.8, 4) is 5.75 Å². The third-order valence-electron chi connectivity index (χ3n) is 2.96. The number of nitro benzene ring substituents is 1. The van der Waals surface area contributed by atoms with Crippen molar-refractivity contribution in [1.82, 2.24) is 5.43 Å². The second-order valence-electron chi connectivity index (χ2n) is 4.68. The van der Waals surface area contributed by atoms with Crippen LogP contribution in [0.3, 0.4) is 0 Å². The number of hydrazone groups is 1. The lowest BCUT2D eigenvalue weighted by Gasteiger charge is -2.03. The van der Waals surface area contributed by atoms with E-state index in [0.29, 0.717) is 0 Å². The number of carbonyl (C=O) groups excluding carboxylic acids is 1. The lowest BCUT2D eigenvalue weighted by Crippen LogP contribution is -2.18. The standard InChI is InChI=1S/C15H12ClN3O4/c1-9-2-4-12(13(16)6-9)15(21)18-17-8-10-7-11(19(22)23)3-5-14(10)20/h2-8,20H,1H3,(H,18,21)/b17-8+. The summed E-state index contributed by atoms with van der Waals surface area (Å²) in [5, 5.41) is 24.3. The number of phenolic OH excluding ortho intramolecular Hbond substituents is 1. The van der Waals surface area contributed by atoms with E-state index in [9.17, 15) is 20.0 Å². The van der Waals surface area contributed by atoms with Gasteiger partial charge in [0.25, 0.3) is 11.6 Å². The van der Waals surface area contributed by atoms with E-state index in [0.717, 1.165) is 23.9 Å². The summed E-state index contributed by atoms with van der Waals surface area (Å²) in [5.74, 6) is -0.724. The molecule has 0 fully saturated rings. The molecule has 0 bridgehead atoms. The largest absolute Gasteiger partial charge is 0.507 e. The van der Waals surface area contributed by atoms with Crippen molar-refractivity contribution in [3.63, 3.8) is 0 Å². The molecule has 0 saturated carbocycles. The molecule has 0 radical (unpaired) electrons. The predicted molar refractivity (Wildman–Crippen MR) is 86.0 cm³/mol. The van der Waals surface area contributed by atoms with Gasteiger partial charge in [-0.15, -0.1) is 0 Å². The minimum absolute atomic E-state index is 0.106. The summed E-state index contributed by atoms with van der Waals surface area (Å²) in [7, 11) is 0. The third kappa shape index (κ3) is 4.04. The number of hydrogen-bond donors (Lipinski definition) is 2. The first-order valence-corrected chi connectivity index (χ1v) is 6.83. The Kier molecular flexibility index (Phi) is 4.92. The minimum Gasteiger partial charge on any atom is -0.507 e. The van der Waals surface area contributed by atoms with Crippen LogP contribution in [0.25, 0.3) is 0 Å². The minimum atomic E-state index is -0.596. The van der Waals surface area contributed by atoms with Crippen LogP contribution in [0.15, 0.2) is 41.5 Å². The molecule has 23 heavy (non-hydrogen) atoms. The first-order valence-electron chi connectivity index (χ1n) is 6.45. The number of benzene rings is 2. The van der Waals surface area contributed by atoms with Crippen LogP contribution in [0.2, 0.25) is 5.02 Å². The number of aryl methyl sites for hydroxylation is 1. The van der Waals surface area contributed by atoms with Gasteiger partial charge in [0.05, 0.1) is 21.7 Å². The van der Waals surface area contributed by atoms with Crippen molar-refractivity contribution in [3.05, 3.63) is 68.2 Å². The van der Waals surface area contributed by atoms with Crippen molar-refractivity contribution < 1.29 is 14.8 Å². The lowest BCUT2D eigenvalue weighted by molar-refractivity contribution is -0.384. The second-order valence-corrected chi connectivity index (χ2v) is 5.09. The van der Waals surface area contributed by atoms with E-state index in [2.05, 4.69) is 10.5 Å². The summed E-state index contributed by atoms with van der Waals surface area (Å²) in [6.45, 7) is 1.84. The highest BCUT2D eigenvalue weighted by Crippen LogP contribution is 2.21. The summed E-state index contributed by atoms with van der Waals surface area (Å²) in [4.78, 5) is 22.0. The highest BCUT2D eigenvalue weighted by molar-refractivity contribution is 6.33. The topological polar surface area (TPSA) is 105 Å². The summed E-state index contributed by atoms with van der Waals surface area (Å²) in [5.41, 5.74) is 3.32. The molecule has 2 N–H and O–H groups in total. The number of nitrogens with one attached hydrogen (secondary N) is 1. The van der Waals surface area contributed by atoms with Gasteiger partial charge in [-0.25, -0.2) is 5.43 Å². The van der Waals surface area contributed by atoms with Gasteiger partial charge in [-0.2, -0.15) is 5.10 Å². The molecule has 2 aromatic carbocycles. The Bertz CT molecular complexity index is 805. The number of phenols is 1. The molecule has 0 spiro atoms. The molecule has 0 aliphatic carbocycles. The average molecular weight is 334 g/mol. The van der Waals surface area contributed by atoms with Crippen LogP contribution in [0.5, 0.6) is 5.75 Å². The highest BCUT2D eigenvalue weighted by atomic mass is 35.5. The molecular weight excluding hydrogens is 322 g/mol. The maximum atomic E-state index is 11.9. The average Bonchev–Trinajstić information content (AvgIpc) is 2.48. The molecule has 2 rings (SSSR count). The van der Waals surface area contributed by atoms with Gasteiger partial charge >= 0.3 is 0 Å². The summed E-state index contributed by atoms with van der Waals surface area (Å²) in [6, 6.07) is 8.43. The van der Waals surface area contributed by atoms with Crippen molar-refractivity contribution in [2.45, 2.75) is 6.92 Å². The Morgan fingerprint density at radius 1 is 1.35 bits per heavy atom. The monoisotopic (exact) mass is 333 g/mol. The number of aromatic hydroxyl groups is 1. The van der Waals surface area contributed by atoms with Crippen LogP contribution < -0.4 is 5.43 Å². The highest BCUT2D eigenvalue weighted by Gasteiger charge is 2.11. The maximum Gasteiger partial charge on any atom is 0.272 e. The van der Waals surface area contributed by atoms with Gasteiger partial charge < -0.3 is 5.11 Å². The lowest BCUT2D eigenvalue weighted by atomic mass is 10.1. The molecule has 0 unspecified atom stereocenters. The van der Waals surface area contributed by atoms with Crippen LogP contribution in [-0.2, 0) is 0 Å². The second kappa shape index (κ2) is 6.89. The van der Waals surface area contributed by atoms with E-state index in [1.807, 2.05) is 6.92 Å². The van der Waals surface area contributed by atoms with Gasteiger partial charge in [0.2, 0.25) is 0 Å². The number of amides is 1. The smallest absolute Gasteiger partial charge is 0.272 e. The van der Waals surface area contributed by atoms with Gasteiger partial charge in [0.1, 0.15) is 5.75 Å². The van der Waals surface area contributed by atoms with Crippen LogP contribution in [0, 0.1) is 17.0 Å². The van der Waals surface area contributed by atoms with E-state index in [-0.39, 0.29) is 27.6 Å². The number of halogens is 1. The number of non-ortho nitro benzene ring substituents is 1. The molecule has 1 amide bonds. The zero-order valence-electron chi connectivity index (χ0n) is 12.0. The van der Waals surface area contributed by atoms with E-state index in [1.165, 1.54) is 6.07 Å². The predicted octanol–water partition coefficient (Wildman–Crippen LogP) is 3.03. The van der Waals surface area contributed by atoms with Crippen LogP contribution in [-0.4, -0.2) is 22.2 Å². The van der Waals surface area contributed by atoms with E-state index < -0.39 is 10.8 Å². The number of hydrogen-bond acceptors (Lipinski definition) is 5. The van der Waals surface area contributed by atoms with Crippen LogP contribution in [0.4, 0.5) is 5.69 Å². The molecular formula is C15H12ClN3O4. The number of rotatable bonds is 4. The molecule has 118 valence electrons. The summed E-state index contributed by atoms with van der Waals surface area (Å²) < 4.78 is 0. The fraction of sp³-hybridized carbons (Fsp3) is 0.0667. The quantitative estimate of drug-likeness (QED) is 0.509. The molecule has 0 saturated heterocycles. The van der Waals surface area contributed by atoms with Crippen molar-refractivity contribution in [2.24, 2.45) is 5.10 Å². The van der Waals surface area contributed by atoms with Gasteiger partial charge in [0.15, 0.2) is 0 Å². The van der Waals surface area contributed by atoms with Crippen LogP contribution in [0.1, 0.15) is 21.5 Å². The molecule has 0 atom stereocenters. The molecule has 0 heterocycles. The van der Waals surface area contributed by atoms with Crippen molar-refractivity contribution >= 4 is 29.4 Å². The third-order valence-corrected chi connectivity index (χ3v) is 3.27. The SMILES string of the molecule is Cc1ccc(C(=O)N/N=C/c2cc([N+](=O)[O-])ccc2O)c(Cl)c1. The molecule has 0 aromatic heterocycles. The molecule has 8 heteroatoms. The number of nitro groups is 1. The van der Waals surface area contributed by atoms with E-state index in [1.54, 1.807) is 18.2 Å². The zero-order valence-corrected chi connectivity index (χ0v) is 12.7. The first kappa shape index (κ1) is 16.4. The van der Waals surface area contributed by atoms with Crippen molar-refractivity contribution in [2.75, 3.05) is 0 Å². The number of carbonyl (C=O) groups is 1. The summed E-state index contributed by atoms with van der Waals surface area (Å²) >= 11 is 5.97. The normalized spacial score (nSPS) is 10.7. The zero-order chi connectivity index (χ0) is 17.0. The van der Waals surface area contributed by atoms with Gasteiger partial charge in [0, 0.05) is 17.7 Å². The maximum absolute atomic E-state index is 11.9. The van der Waals surface area contributed by atoms with Crippen LogP contribution >= 0.6 is 11.6 Å². The fourth-order valence-electron chi connectivity index (χ4n) is 1.78. The molecule has 2 aromatic rings. The Morgan fingerprint density at radius 2 is 2.09 bits per heavy atom. The Balaban J connectivity index is 2.14. The van der Waals surface area contributed by atoms with E-state index >= 15 is 0 Å².